The van der Waals surface area contributed by atoms with E-state index in [9.17, 15) is 4.79 Å². The Hall–Kier alpha value is -2.09. The molecule has 0 aliphatic heterocycles. The smallest absolute Gasteiger partial charge is 0.338 e. The molecule has 0 bridgehead atoms. The molecule has 2 aromatic rings. The summed E-state index contributed by atoms with van der Waals surface area (Å²) in [6.07, 6.45) is 0.885. The Morgan fingerprint density at radius 2 is 1.50 bits per heavy atom. The highest BCUT2D eigenvalue weighted by Gasteiger charge is 2.21. The molecule has 0 amide bonds. The first-order valence-electron chi connectivity index (χ1n) is 6.83. The van der Waals surface area contributed by atoms with Gasteiger partial charge in [-0.2, -0.15) is 0 Å². The lowest BCUT2D eigenvalue weighted by molar-refractivity contribution is 0.0341. The zero-order chi connectivity index (χ0) is 14.4. The third-order valence-corrected chi connectivity index (χ3v) is 3.13. The van der Waals surface area contributed by atoms with Gasteiger partial charge in [0.1, 0.15) is 0 Å². The zero-order valence-electron chi connectivity index (χ0n) is 12.0. The van der Waals surface area contributed by atoms with Crippen LogP contribution in [0.3, 0.4) is 0 Å². The minimum atomic E-state index is -0.258. The third-order valence-electron chi connectivity index (χ3n) is 3.13. The van der Waals surface area contributed by atoms with Gasteiger partial charge in [-0.3, -0.25) is 0 Å². The monoisotopic (exact) mass is 268 g/mol. The van der Waals surface area contributed by atoms with E-state index in [0.29, 0.717) is 12.2 Å². The summed E-state index contributed by atoms with van der Waals surface area (Å²) in [5.74, 6) is -0.258. The van der Waals surface area contributed by atoms with Gasteiger partial charge in [-0.25, -0.2) is 4.79 Å². The average molecular weight is 268 g/mol. The van der Waals surface area contributed by atoms with Crippen molar-refractivity contribution in [2.45, 2.75) is 20.3 Å². The van der Waals surface area contributed by atoms with Gasteiger partial charge < -0.3 is 4.74 Å². The second-order valence-electron chi connectivity index (χ2n) is 5.77. The molecule has 2 heteroatoms. The Morgan fingerprint density at radius 1 is 0.950 bits per heavy atom. The molecule has 20 heavy (non-hydrogen) atoms. The summed E-state index contributed by atoms with van der Waals surface area (Å²) in [7, 11) is 0. The summed E-state index contributed by atoms with van der Waals surface area (Å²) >= 11 is 0. The summed E-state index contributed by atoms with van der Waals surface area (Å²) < 4.78 is 5.43. The number of carbonyl (C=O) groups is 1. The second kappa shape index (κ2) is 6.38. The van der Waals surface area contributed by atoms with Crippen LogP contribution in [-0.4, -0.2) is 12.6 Å². The normalized spacial score (nSPS) is 11.1. The molecule has 2 nitrogen and oxygen atoms in total. The van der Waals surface area contributed by atoms with E-state index in [-0.39, 0.29) is 11.4 Å². The van der Waals surface area contributed by atoms with Crippen LogP contribution in [0.1, 0.15) is 29.8 Å². The first-order valence-corrected chi connectivity index (χ1v) is 6.83. The minimum absolute atomic E-state index is 0.0776. The van der Waals surface area contributed by atoms with Gasteiger partial charge in [-0.05, 0) is 24.1 Å². The molecule has 0 radical (unpaired) electrons. The zero-order valence-corrected chi connectivity index (χ0v) is 12.0. The Balaban J connectivity index is 1.91. The topological polar surface area (TPSA) is 26.3 Å². The van der Waals surface area contributed by atoms with Crippen molar-refractivity contribution in [1.29, 1.82) is 0 Å². The fourth-order valence-corrected chi connectivity index (χ4v) is 2.12. The average Bonchev–Trinajstić information content (AvgIpc) is 2.46. The predicted octanol–water partition coefficient (Wildman–Crippen LogP) is 4.11. The molecule has 2 rings (SSSR count). The number of esters is 1. The van der Waals surface area contributed by atoms with E-state index >= 15 is 0 Å². The van der Waals surface area contributed by atoms with Gasteiger partial charge in [0.25, 0.3) is 0 Å². The Labute approximate surface area is 120 Å². The maximum Gasteiger partial charge on any atom is 0.338 e. The molecule has 0 aliphatic carbocycles. The molecule has 0 unspecified atom stereocenters. The van der Waals surface area contributed by atoms with Crippen LogP contribution < -0.4 is 0 Å². The van der Waals surface area contributed by atoms with Gasteiger partial charge in [-0.1, -0.05) is 62.4 Å². The van der Waals surface area contributed by atoms with E-state index in [1.54, 1.807) is 12.1 Å². The molecule has 0 saturated carbocycles. The van der Waals surface area contributed by atoms with Crippen LogP contribution in [0, 0.1) is 5.41 Å². The van der Waals surface area contributed by atoms with Crippen molar-refractivity contribution in [2.24, 2.45) is 5.41 Å². The van der Waals surface area contributed by atoms with E-state index in [0.717, 1.165) is 6.42 Å². The number of hydrogen-bond donors (Lipinski definition) is 0. The molecule has 0 fully saturated rings. The maximum atomic E-state index is 11.9. The number of rotatable bonds is 5. The van der Waals surface area contributed by atoms with Gasteiger partial charge in [0.05, 0.1) is 12.2 Å². The van der Waals surface area contributed by atoms with Crippen LogP contribution in [-0.2, 0) is 11.2 Å². The third kappa shape index (κ3) is 4.23. The van der Waals surface area contributed by atoms with E-state index in [1.807, 2.05) is 36.4 Å². The van der Waals surface area contributed by atoms with Gasteiger partial charge in [0, 0.05) is 5.41 Å². The molecule has 0 aromatic heterocycles. The fraction of sp³-hybridized carbons (Fsp3) is 0.278. The van der Waals surface area contributed by atoms with Crippen LogP contribution in [0.2, 0.25) is 0 Å². The quantitative estimate of drug-likeness (QED) is 0.763. The Morgan fingerprint density at radius 3 is 2.10 bits per heavy atom. The number of benzene rings is 2. The van der Waals surface area contributed by atoms with E-state index in [4.69, 9.17) is 4.74 Å². The summed E-state index contributed by atoms with van der Waals surface area (Å²) in [6, 6.07) is 19.4. The van der Waals surface area contributed by atoms with Crippen LogP contribution in [0.5, 0.6) is 0 Å². The lowest BCUT2D eigenvalue weighted by Crippen LogP contribution is -2.24. The fourth-order valence-electron chi connectivity index (χ4n) is 2.12. The second-order valence-corrected chi connectivity index (χ2v) is 5.77. The van der Waals surface area contributed by atoms with Crippen LogP contribution >= 0.6 is 0 Å². The van der Waals surface area contributed by atoms with Gasteiger partial charge in [0.15, 0.2) is 0 Å². The number of ether oxygens (including phenoxy) is 1. The van der Waals surface area contributed by atoms with Crippen LogP contribution in [0.15, 0.2) is 60.7 Å². The molecule has 0 heterocycles. The lowest BCUT2D eigenvalue weighted by atomic mass is 9.87. The van der Waals surface area contributed by atoms with Crippen molar-refractivity contribution in [1.82, 2.24) is 0 Å². The first kappa shape index (κ1) is 14.3. The van der Waals surface area contributed by atoms with Crippen LogP contribution in [0.4, 0.5) is 0 Å². The highest BCUT2D eigenvalue weighted by atomic mass is 16.5. The highest BCUT2D eigenvalue weighted by Crippen LogP contribution is 2.22. The van der Waals surface area contributed by atoms with Crippen molar-refractivity contribution in [3.63, 3.8) is 0 Å². The molecule has 0 atom stereocenters. The van der Waals surface area contributed by atoms with Crippen molar-refractivity contribution < 1.29 is 9.53 Å². The molecular formula is C18H20O2. The van der Waals surface area contributed by atoms with Gasteiger partial charge in [-0.15, -0.1) is 0 Å². The van der Waals surface area contributed by atoms with E-state index in [1.165, 1.54) is 5.56 Å². The Bertz CT molecular complexity index is 544. The standard InChI is InChI=1S/C18H20O2/c1-18(2,13-15-9-5-3-6-10-15)14-20-17(19)16-11-7-4-8-12-16/h3-12H,13-14H2,1-2H3. The first-order chi connectivity index (χ1) is 9.57. The van der Waals surface area contributed by atoms with Gasteiger partial charge >= 0.3 is 5.97 Å². The number of hydrogen-bond acceptors (Lipinski definition) is 2. The molecule has 0 spiro atoms. The molecule has 104 valence electrons. The van der Waals surface area contributed by atoms with Gasteiger partial charge in [0.2, 0.25) is 0 Å². The summed E-state index contributed by atoms with van der Waals surface area (Å²) in [6.45, 7) is 4.63. The molecule has 0 aliphatic rings. The minimum Gasteiger partial charge on any atom is -0.462 e. The van der Waals surface area contributed by atoms with E-state index in [2.05, 4.69) is 26.0 Å². The largest absolute Gasteiger partial charge is 0.462 e. The SMILES string of the molecule is CC(C)(COC(=O)c1ccccc1)Cc1ccccc1. The molecular weight excluding hydrogens is 248 g/mol. The number of carbonyl (C=O) groups excluding carboxylic acids is 1. The van der Waals surface area contributed by atoms with E-state index < -0.39 is 0 Å². The van der Waals surface area contributed by atoms with Crippen molar-refractivity contribution in [3.8, 4) is 0 Å². The van der Waals surface area contributed by atoms with Crippen molar-refractivity contribution in [2.75, 3.05) is 6.61 Å². The summed E-state index contributed by atoms with van der Waals surface area (Å²) in [5.41, 5.74) is 1.78. The summed E-state index contributed by atoms with van der Waals surface area (Å²) in [4.78, 5) is 11.9. The predicted molar refractivity (Wildman–Crippen MR) is 80.7 cm³/mol. The molecule has 0 saturated heterocycles. The molecule has 2 aromatic carbocycles. The van der Waals surface area contributed by atoms with Crippen molar-refractivity contribution >= 4 is 5.97 Å². The van der Waals surface area contributed by atoms with Crippen molar-refractivity contribution in [3.05, 3.63) is 71.8 Å². The highest BCUT2D eigenvalue weighted by molar-refractivity contribution is 5.89. The Kier molecular flexibility index (Phi) is 4.57. The lowest BCUT2D eigenvalue weighted by Gasteiger charge is -2.24. The maximum absolute atomic E-state index is 11.9. The summed E-state index contributed by atoms with van der Waals surface area (Å²) in [5, 5.41) is 0. The van der Waals surface area contributed by atoms with Crippen LogP contribution in [0.25, 0.3) is 0 Å². The molecule has 0 N–H and O–H groups in total.